The van der Waals surface area contributed by atoms with Crippen LogP contribution in [-0.4, -0.2) is 49.1 Å². The molecule has 0 unspecified atom stereocenters. The van der Waals surface area contributed by atoms with Gasteiger partial charge in [0.15, 0.2) is 0 Å². The SMILES string of the molecule is CC(C)(C)OC(=O)N1CCC[C@H]([S@](=O)c2ncc(Cl)cn2)C1. The third kappa shape index (κ3) is 4.64. The number of aromatic nitrogens is 2. The molecule has 0 spiro atoms. The number of carbonyl (C=O) groups is 1. The molecular formula is C14H20ClN3O3S. The van der Waals surface area contributed by atoms with Crippen LogP contribution in [0.15, 0.2) is 17.6 Å². The van der Waals surface area contributed by atoms with E-state index in [2.05, 4.69) is 9.97 Å². The van der Waals surface area contributed by atoms with Crippen LogP contribution < -0.4 is 0 Å². The fourth-order valence-electron chi connectivity index (χ4n) is 2.16. The van der Waals surface area contributed by atoms with E-state index in [1.807, 2.05) is 20.8 Å². The zero-order valence-electron chi connectivity index (χ0n) is 12.9. The molecule has 0 saturated carbocycles. The van der Waals surface area contributed by atoms with E-state index in [-0.39, 0.29) is 16.5 Å². The minimum absolute atomic E-state index is 0.192. The van der Waals surface area contributed by atoms with Crippen molar-refractivity contribution in [3.8, 4) is 0 Å². The van der Waals surface area contributed by atoms with Gasteiger partial charge in [0.1, 0.15) is 5.60 Å². The van der Waals surface area contributed by atoms with E-state index in [4.69, 9.17) is 16.3 Å². The van der Waals surface area contributed by atoms with Gasteiger partial charge in [-0.3, -0.25) is 4.21 Å². The number of carbonyl (C=O) groups excluding carboxylic acids is 1. The second kappa shape index (κ2) is 6.91. The number of ether oxygens (including phenoxy) is 1. The zero-order chi connectivity index (χ0) is 16.3. The Kier molecular flexibility index (Phi) is 5.39. The summed E-state index contributed by atoms with van der Waals surface area (Å²) in [5, 5.41) is 0.461. The van der Waals surface area contributed by atoms with Crippen LogP contribution in [0.3, 0.4) is 0 Å². The molecule has 22 heavy (non-hydrogen) atoms. The molecule has 0 radical (unpaired) electrons. The molecule has 0 N–H and O–H groups in total. The van der Waals surface area contributed by atoms with Crippen LogP contribution in [0.25, 0.3) is 0 Å². The van der Waals surface area contributed by atoms with Crippen molar-refractivity contribution in [1.82, 2.24) is 14.9 Å². The normalized spacial score (nSPS) is 20.5. The summed E-state index contributed by atoms with van der Waals surface area (Å²) in [7, 11) is -1.37. The Hall–Kier alpha value is -1.21. The second-order valence-electron chi connectivity index (χ2n) is 6.17. The average Bonchev–Trinajstić information content (AvgIpc) is 2.46. The van der Waals surface area contributed by atoms with E-state index >= 15 is 0 Å². The predicted molar refractivity (Wildman–Crippen MR) is 84.3 cm³/mol. The predicted octanol–water partition coefficient (Wildman–Crippen LogP) is 2.64. The molecule has 6 nitrogen and oxygen atoms in total. The van der Waals surface area contributed by atoms with E-state index in [1.165, 1.54) is 12.4 Å². The number of hydrogen-bond acceptors (Lipinski definition) is 5. The summed E-state index contributed by atoms with van der Waals surface area (Å²) in [4.78, 5) is 21.7. The van der Waals surface area contributed by atoms with Crippen molar-refractivity contribution in [3.63, 3.8) is 0 Å². The number of hydrogen-bond donors (Lipinski definition) is 0. The number of nitrogens with zero attached hydrogens (tertiary/aromatic N) is 3. The molecule has 1 aliphatic rings. The van der Waals surface area contributed by atoms with Crippen LogP contribution in [-0.2, 0) is 15.5 Å². The van der Waals surface area contributed by atoms with Gasteiger partial charge in [-0.15, -0.1) is 0 Å². The molecule has 1 amide bonds. The highest BCUT2D eigenvalue weighted by Crippen LogP contribution is 2.21. The minimum atomic E-state index is -1.37. The van der Waals surface area contributed by atoms with E-state index in [0.717, 1.165) is 12.8 Å². The molecule has 2 rings (SSSR count). The quantitative estimate of drug-likeness (QED) is 0.770. The molecule has 122 valence electrons. The lowest BCUT2D eigenvalue weighted by Crippen LogP contribution is -2.46. The topological polar surface area (TPSA) is 72.4 Å². The largest absolute Gasteiger partial charge is 0.444 e. The van der Waals surface area contributed by atoms with Gasteiger partial charge in [-0.2, -0.15) is 0 Å². The Morgan fingerprint density at radius 3 is 2.64 bits per heavy atom. The first-order valence-corrected chi connectivity index (χ1v) is 8.71. The molecule has 0 aromatic carbocycles. The highest BCUT2D eigenvalue weighted by molar-refractivity contribution is 7.85. The molecule has 1 aliphatic heterocycles. The summed E-state index contributed by atoms with van der Waals surface area (Å²) in [6.45, 7) is 6.47. The van der Waals surface area contributed by atoms with Gasteiger partial charge in [0.2, 0.25) is 5.16 Å². The summed E-state index contributed by atoms with van der Waals surface area (Å²) < 4.78 is 17.9. The summed E-state index contributed by atoms with van der Waals surface area (Å²) in [6.07, 6.45) is 4.03. The summed E-state index contributed by atoms with van der Waals surface area (Å²) in [5.74, 6) is 0. The summed E-state index contributed by atoms with van der Waals surface area (Å²) >= 11 is 5.73. The first kappa shape index (κ1) is 17.1. The minimum Gasteiger partial charge on any atom is -0.444 e. The second-order valence-corrected chi connectivity index (χ2v) is 8.23. The third-order valence-electron chi connectivity index (χ3n) is 3.11. The van der Waals surface area contributed by atoms with Crippen molar-refractivity contribution < 1.29 is 13.7 Å². The van der Waals surface area contributed by atoms with Gasteiger partial charge in [0, 0.05) is 13.1 Å². The highest BCUT2D eigenvalue weighted by Gasteiger charge is 2.31. The number of likely N-dealkylation sites (tertiary alicyclic amines) is 1. The Balaban J connectivity index is 2.02. The van der Waals surface area contributed by atoms with Gasteiger partial charge in [0.05, 0.1) is 33.5 Å². The number of piperidine rings is 1. The fraction of sp³-hybridized carbons (Fsp3) is 0.643. The third-order valence-corrected chi connectivity index (χ3v) is 4.87. The van der Waals surface area contributed by atoms with Crippen molar-refractivity contribution in [1.29, 1.82) is 0 Å². The van der Waals surface area contributed by atoms with Crippen LogP contribution in [0.2, 0.25) is 5.02 Å². The van der Waals surface area contributed by atoms with Gasteiger partial charge in [-0.25, -0.2) is 14.8 Å². The van der Waals surface area contributed by atoms with E-state index in [1.54, 1.807) is 4.90 Å². The maximum atomic E-state index is 12.5. The van der Waals surface area contributed by atoms with Gasteiger partial charge in [0.25, 0.3) is 0 Å². The van der Waals surface area contributed by atoms with Crippen LogP contribution in [0.4, 0.5) is 4.79 Å². The fourth-order valence-corrected chi connectivity index (χ4v) is 3.56. The highest BCUT2D eigenvalue weighted by atomic mass is 35.5. The van der Waals surface area contributed by atoms with E-state index in [9.17, 15) is 9.00 Å². The van der Waals surface area contributed by atoms with Crippen molar-refractivity contribution in [2.24, 2.45) is 0 Å². The van der Waals surface area contributed by atoms with Gasteiger partial charge in [-0.1, -0.05) is 11.6 Å². The number of rotatable bonds is 2. The smallest absolute Gasteiger partial charge is 0.410 e. The Morgan fingerprint density at radius 2 is 2.05 bits per heavy atom. The molecule has 1 saturated heterocycles. The summed E-state index contributed by atoms with van der Waals surface area (Å²) in [6, 6.07) is 0. The van der Waals surface area contributed by atoms with Crippen molar-refractivity contribution in [2.75, 3.05) is 13.1 Å². The molecular weight excluding hydrogens is 326 g/mol. The van der Waals surface area contributed by atoms with Gasteiger partial charge >= 0.3 is 6.09 Å². The lowest BCUT2D eigenvalue weighted by atomic mass is 10.1. The molecule has 0 bridgehead atoms. The number of halogens is 1. The number of amides is 1. The monoisotopic (exact) mass is 345 g/mol. The Bertz CT molecular complexity index is 559. The standard InChI is InChI=1S/C14H20ClN3O3S/c1-14(2,3)21-13(19)18-6-4-5-11(9-18)22(20)12-16-7-10(15)8-17-12/h7-8,11H,4-6,9H2,1-3H3/t11-,22-/m0/s1. The van der Waals surface area contributed by atoms with E-state index < -0.39 is 16.4 Å². The van der Waals surface area contributed by atoms with Crippen molar-refractivity contribution in [3.05, 3.63) is 17.4 Å². The molecule has 2 atom stereocenters. The first-order valence-electron chi connectivity index (χ1n) is 7.12. The molecule has 1 aromatic rings. The van der Waals surface area contributed by atoms with Crippen LogP contribution in [0.5, 0.6) is 0 Å². The van der Waals surface area contributed by atoms with Crippen LogP contribution in [0, 0.1) is 0 Å². The first-order chi connectivity index (χ1) is 10.3. The Morgan fingerprint density at radius 1 is 1.41 bits per heavy atom. The van der Waals surface area contributed by atoms with Crippen LogP contribution >= 0.6 is 11.6 Å². The Labute approximate surface area is 137 Å². The molecule has 8 heteroatoms. The van der Waals surface area contributed by atoms with Crippen molar-refractivity contribution in [2.45, 2.75) is 49.6 Å². The molecule has 1 aromatic heterocycles. The van der Waals surface area contributed by atoms with Gasteiger partial charge in [-0.05, 0) is 33.6 Å². The lowest BCUT2D eigenvalue weighted by molar-refractivity contribution is 0.0219. The maximum absolute atomic E-state index is 12.5. The summed E-state index contributed by atoms with van der Waals surface area (Å²) in [5.41, 5.74) is -0.539. The zero-order valence-corrected chi connectivity index (χ0v) is 14.5. The molecule has 1 fully saturated rings. The van der Waals surface area contributed by atoms with Gasteiger partial charge < -0.3 is 9.64 Å². The molecule has 2 heterocycles. The molecule has 0 aliphatic carbocycles. The lowest BCUT2D eigenvalue weighted by Gasteiger charge is -2.33. The van der Waals surface area contributed by atoms with Crippen LogP contribution in [0.1, 0.15) is 33.6 Å². The maximum Gasteiger partial charge on any atom is 0.410 e. The van der Waals surface area contributed by atoms with Crippen molar-refractivity contribution >= 4 is 28.5 Å². The van der Waals surface area contributed by atoms with E-state index in [0.29, 0.717) is 18.1 Å². The average molecular weight is 346 g/mol.